The van der Waals surface area contributed by atoms with Crippen molar-refractivity contribution in [3.8, 4) is 6.07 Å². The number of rotatable bonds is 5. The summed E-state index contributed by atoms with van der Waals surface area (Å²) < 4.78 is 4.69. The number of benzene rings is 1. The lowest BCUT2D eigenvalue weighted by molar-refractivity contribution is -0.144. The van der Waals surface area contributed by atoms with E-state index < -0.39 is 17.7 Å². The summed E-state index contributed by atoms with van der Waals surface area (Å²) in [6.45, 7) is 2.97. The topological polar surface area (TPSA) is 96.3 Å². The first kappa shape index (κ1) is 15.4. The van der Waals surface area contributed by atoms with E-state index in [9.17, 15) is 14.4 Å². The monoisotopic (exact) mass is 274 g/mol. The number of nitrogens with one attached hydrogen (secondary N) is 1. The third-order valence-corrected chi connectivity index (χ3v) is 2.42. The number of ketones is 1. The third kappa shape index (κ3) is 3.65. The van der Waals surface area contributed by atoms with E-state index in [2.05, 4.69) is 10.1 Å². The van der Waals surface area contributed by atoms with Crippen LogP contribution in [-0.4, -0.2) is 24.3 Å². The molecule has 0 spiro atoms. The van der Waals surface area contributed by atoms with Gasteiger partial charge < -0.3 is 10.1 Å². The van der Waals surface area contributed by atoms with E-state index in [1.165, 1.54) is 19.1 Å². The van der Waals surface area contributed by atoms with Gasteiger partial charge in [0.2, 0.25) is 11.8 Å². The Balaban J connectivity index is 3.10. The maximum absolute atomic E-state index is 12.2. The first-order valence-corrected chi connectivity index (χ1v) is 5.98. The summed E-state index contributed by atoms with van der Waals surface area (Å²) in [5, 5.41) is 11.5. The molecule has 0 aliphatic carbocycles. The Labute approximate surface area is 116 Å². The first-order valence-electron chi connectivity index (χ1n) is 5.98. The maximum Gasteiger partial charge on any atom is 0.331 e. The van der Waals surface area contributed by atoms with Crippen LogP contribution < -0.4 is 5.32 Å². The maximum atomic E-state index is 12.2. The molecule has 1 atom stereocenters. The number of amides is 1. The molecule has 0 saturated carbocycles. The van der Waals surface area contributed by atoms with Crippen LogP contribution in [0.5, 0.6) is 0 Å². The molecule has 0 heterocycles. The van der Waals surface area contributed by atoms with Gasteiger partial charge in [0.05, 0.1) is 18.4 Å². The van der Waals surface area contributed by atoms with Crippen molar-refractivity contribution >= 4 is 23.3 Å². The van der Waals surface area contributed by atoms with Crippen molar-refractivity contribution in [1.82, 2.24) is 0 Å². The van der Waals surface area contributed by atoms with E-state index in [0.717, 1.165) is 0 Å². The minimum Gasteiger partial charge on any atom is -0.465 e. The summed E-state index contributed by atoms with van der Waals surface area (Å²) in [6.07, 6.45) is 0. The summed E-state index contributed by atoms with van der Waals surface area (Å²) in [7, 11) is 0. The van der Waals surface area contributed by atoms with E-state index >= 15 is 0 Å². The van der Waals surface area contributed by atoms with Crippen molar-refractivity contribution in [1.29, 1.82) is 5.26 Å². The molecule has 6 nitrogen and oxygen atoms in total. The van der Waals surface area contributed by atoms with Crippen molar-refractivity contribution in [3.05, 3.63) is 29.8 Å². The Morgan fingerprint density at radius 3 is 2.55 bits per heavy atom. The normalized spacial score (nSPS) is 11.1. The lowest BCUT2D eigenvalue weighted by atomic mass is 9.97. The molecule has 1 aromatic carbocycles. The molecule has 1 N–H and O–H groups in total. The van der Waals surface area contributed by atoms with Gasteiger partial charge in [-0.2, -0.15) is 5.26 Å². The summed E-state index contributed by atoms with van der Waals surface area (Å²) >= 11 is 0. The number of carbonyl (C=O) groups is 3. The number of para-hydroxylation sites is 1. The molecule has 1 aromatic rings. The third-order valence-electron chi connectivity index (χ3n) is 2.42. The molecule has 0 bridgehead atoms. The second-order valence-corrected chi connectivity index (χ2v) is 3.91. The number of carbonyl (C=O) groups excluding carboxylic acids is 3. The number of anilines is 1. The quantitative estimate of drug-likeness (QED) is 0.499. The van der Waals surface area contributed by atoms with Crippen LogP contribution in [0.1, 0.15) is 24.2 Å². The number of nitriles is 1. The Kier molecular flexibility index (Phi) is 5.42. The lowest BCUT2D eigenvalue weighted by Crippen LogP contribution is -2.26. The molecule has 104 valence electrons. The van der Waals surface area contributed by atoms with E-state index in [0.29, 0.717) is 0 Å². The Morgan fingerprint density at radius 1 is 1.35 bits per heavy atom. The van der Waals surface area contributed by atoms with Crippen LogP contribution in [0.15, 0.2) is 24.3 Å². The molecule has 1 unspecified atom stereocenters. The second kappa shape index (κ2) is 7.04. The van der Waals surface area contributed by atoms with Crippen molar-refractivity contribution in [3.63, 3.8) is 0 Å². The van der Waals surface area contributed by atoms with Crippen LogP contribution >= 0.6 is 0 Å². The number of hydrogen-bond donors (Lipinski definition) is 1. The number of nitrogens with zero attached hydrogens (tertiary/aromatic N) is 1. The highest BCUT2D eigenvalue weighted by atomic mass is 16.5. The molecule has 1 amide bonds. The molecule has 0 fully saturated rings. The zero-order valence-electron chi connectivity index (χ0n) is 11.2. The highest BCUT2D eigenvalue weighted by Crippen LogP contribution is 2.19. The molecule has 1 rings (SSSR count). The highest BCUT2D eigenvalue weighted by Gasteiger charge is 2.30. The number of ether oxygens (including phenoxy) is 1. The van der Waals surface area contributed by atoms with E-state index in [-0.39, 0.29) is 23.8 Å². The SMILES string of the molecule is CCOC(=O)C(C#N)C(=O)c1ccccc1NC(C)=O. The van der Waals surface area contributed by atoms with E-state index in [1.807, 2.05) is 0 Å². The average molecular weight is 274 g/mol. The summed E-state index contributed by atoms with van der Waals surface area (Å²) in [5.41, 5.74) is 0.358. The van der Waals surface area contributed by atoms with Gasteiger partial charge in [0.25, 0.3) is 0 Å². The second-order valence-electron chi connectivity index (χ2n) is 3.91. The molecular formula is C14H14N2O4. The van der Waals surface area contributed by atoms with Gasteiger partial charge in [-0.15, -0.1) is 0 Å². The van der Waals surface area contributed by atoms with Crippen LogP contribution in [0, 0.1) is 17.2 Å². The van der Waals surface area contributed by atoms with Crippen molar-refractivity contribution in [2.24, 2.45) is 5.92 Å². The predicted octanol–water partition coefficient (Wildman–Crippen LogP) is 1.53. The highest BCUT2D eigenvalue weighted by molar-refractivity contribution is 6.14. The fraction of sp³-hybridized carbons (Fsp3) is 0.286. The van der Waals surface area contributed by atoms with Gasteiger partial charge in [-0.25, -0.2) is 0 Å². The van der Waals surface area contributed by atoms with E-state index in [1.54, 1.807) is 25.1 Å². The minimum absolute atomic E-state index is 0.0810. The molecule has 20 heavy (non-hydrogen) atoms. The lowest BCUT2D eigenvalue weighted by Gasteiger charge is -2.11. The van der Waals surface area contributed by atoms with Crippen molar-refractivity contribution < 1.29 is 19.1 Å². The van der Waals surface area contributed by atoms with Crippen molar-refractivity contribution in [2.45, 2.75) is 13.8 Å². The van der Waals surface area contributed by atoms with Crippen LogP contribution in [-0.2, 0) is 14.3 Å². The van der Waals surface area contributed by atoms with Crippen molar-refractivity contribution in [2.75, 3.05) is 11.9 Å². The zero-order valence-corrected chi connectivity index (χ0v) is 11.2. The van der Waals surface area contributed by atoms with Gasteiger partial charge in [-0.3, -0.25) is 14.4 Å². The molecule has 6 heteroatoms. The molecule has 0 aliphatic heterocycles. The zero-order chi connectivity index (χ0) is 15.1. The number of Topliss-reactive ketones (excluding diaryl/α,β-unsaturated/α-hetero) is 1. The Hall–Kier alpha value is -2.68. The predicted molar refractivity (Wildman–Crippen MR) is 70.8 cm³/mol. The Morgan fingerprint density at radius 2 is 2.00 bits per heavy atom. The molecule has 0 radical (unpaired) electrons. The first-order chi connectivity index (χ1) is 9.51. The average Bonchev–Trinajstić information content (AvgIpc) is 2.39. The van der Waals surface area contributed by atoms with E-state index in [4.69, 9.17) is 5.26 Å². The molecule has 0 saturated heterocycles. The van der Waals surface area contributed by atoms with Gasteiger partial charge in [-0.05, 0) is 19.1 Å². The standard InChI is InChI=1S/C14H14N2O4/c1-3-20-14(19)11(8-15)13(18)10-6-4-5-7-12(10)16-9(2)17/h4-7,11H,3H2,1-2H3,(H,16,17). The fourth-order valence-electron chi connectivity index (χ4n) is 1.60. The van der Waals surface area contributed by atoms with Crippen LogP contribution in [0.25, 0.3) is 0 Å². The van der Waals surface area contributed by atoms with Crippen LogP contribution in [0.2, 0.25) is 0 Å². The van der Waals surface area contributed by atoms with Gasteiger partial charge in [0.1, 0.15) is 0 Å². The molecule has 0 aromatic heterocycles. The largest absolute Gasteiger partial charge is 0.465 e. The van der Waals surface area contributed by atoms with Crippen LogP contribution in [0.4, 0.5) is 5.69 Å². The minimum atomic E-state index is -1.54. The summed E-state index contributed by atoms with van der Waals surface area (Å²) in [4.78, 5) is 34.9. The summed E-state index contributed by atoms with van der Waals surface area (Å²) in [6, 6.07) is 7.81. The smallest absolute Gasteiger partial charge is 0.331 e. The fourth-order valence-corrected chi connectivity index (χ4v) is 1.60. The number of esters is 1. The van der Waals surface area contributed by atoms with Crippen LogP contribution in [0.3, 0.4) is 0 Å². The van der Waals surface area contributed by atoms with Gasteiger partial charge in [0.15, 0.2) is 5.78 Å². The van der Waals surface area contributed by atoms with Gasteiger partial charge in [0, 0.05) is 12.5 Å². The Bertz CT molecular complexity index is 575. The van der Waals surface area contributed by atoms with Gasteiger partial charge in [-0.1, -0.05) is 12.1 Å². The number of hydrogen-bond acceptors (Lipinski definition) is 5. The summed E-state index contributed by atoms with van der Waals surface area (Å²) in [5.74, 6) is -3.48. The molecule has 0 aliphatic rings. The molecular weight excluding hydrogens is 260 g/mol. The van der Waals surface area contributed by atoms with Gasteiger partial charge >= 0.3 is 5.97 Å².